The van der Waals surface area contributed by atoms with E-state index in [1.165, 1.54) is 18.2 Å². The second kappa shape index (κ2) is 6.21. The summed E-state index contributed by atoms with van der Waals surface area (Å²) < 4.78 is 5.61. The maximum atomic E-state index is 12.3. The van der Waals surface area contributed by atoms with Crippen LogP contribution in [0, 0.1) is 10.1 Å². The van der Waals surface area contributed by atoms with Crippen molar-refractivity contribution in [2.24, 2.45) is 0 Å². The van der Waals surface area contributed by atoms with Gasteiger partial charge < -0.3 is 9.64 Å². The molecular weight excluding hydrogens is 322 g/mol. The molecule has 7 nitrogen and oxygen atoms in total. The monoisotopic (exact) mass is 333 g/mol. The Morgan fingerprint density at radius 1 is 1.35 bits per heavy atom. The smallest absolute Gasteiger partial charge is 0.270 e. The van der Waals surface area contributed by atoms with Gasteiger partial charge in [-0.2, -0.15) is 0 Å². The molecular formula is C15H12ClN3O4. The van der Waals surface area contributed by atoms with Crippen LogP contribution >= 0.6 is 11.6 Å². The molecule has 0 atom stereocenters. The van der Waals surface area contributed by atoms with Gasteiger partial charge in [0.2, 0.25) is 5.88 Å². The van der Waals surface area contributed by atoms with Crippen molar-refractivity contribution in [3.05, 3.63) is 63.3 Å². The largest absolute Gasteiger partial charge is 0.470 e. The lowest BCUT2D eigenvalue weighted by molar-refractivity contribution is -0.384. The molecule has 3 rings (SSSR count). The Morgan fingerprint density at radius 3 is 2.83 bits per heavy atom. The summed E-state index contributed by atoms with van der Waals surface area (Å²) in [6.07, 6.45) is 1.39. The lowest BCUT2D eigenvalue weighted by atomic mass is 10.1. The van der Waals surface area contributed by atoms with Gasteiger partial charge in [0.05, 0.1) is 18.0 Å². The molecule has 0 saturated carbocycles. The van der Waals surface area contributed by atoms with E-state index in [9.17, 15) is 14.9 Å². The summed E-state index contributed by atoms with van der Waals surface area (Å²) in [6, 6.07) is 9.04. The normalized spacial score (nSPS) is 14.2. The fourth-order valence-corrected chi connectivity index (χ4v) is 2.40. The van der Waals surface area contributed by atoms with Crippen molar-refractivity contribution in [3.63, 3.8) is 0 Å². The highest BCUT2D eigenvalue weighted by Gasteiger charge is 2.33. The number of benzene rings is 1. The van der Waals surface area contributed by atoms with Crippen molar-refractivity contribution in [1.29, 1.82) is 0 Å². The van der Waals surface area contributed by atoms with Crippen LogP contribution in [-0.2, 0) is 0 Å². The van der Waals surface area contributed by atoms with E-state index in [1.807, 2.05) is 0 Å². The Kier molecular flexibility index (Phi) is 4.12. The van der Waals surface area contributed by atoms with Gasteiger partial charge in [-0.1, -0.05) is 17.7 Å². The van der Waals surface area contributed by atoms with Crippen LogP contribution in [0.5, 0.6) is 5.88 Å². The highest BCUT2D eigenvalue weighted by molar-refractivity contribution is 6.31. The maximum absolute atomic E-state index is 12.3. The molecule has 1 fully saturated rings. The number of rotatable bonds is 4. The molecule has 1 amide bonds. The second-order valence-electron chi connectivity index (χ2n) is 5.05. The first-order valence-corrected chi connectivity index (χ1v) is 7.23. The number of hydrogen-bond donors (Lipinski definition) is 0. The van der Waals surface area contributed by atoms with Gasteiger partial charge in [-0.25, -0.2) is 4.98 Å². The minimum absolute atomic E-state index is 0.107. The van der Waals surface area contributed by atoms with Gasteiger partial charge in [-0.05, 0) is 18.2 Å². The van der Waals surface area contributed by atoms with Crippen molar-refractivity contribution in [1.82, 2.24) is 9.88 Å². The Labute approximate surface area is 136 Å². The number of ether oxygens (including phenoxy) is 1. The summed E-state index contributed by atoms with van der Waals surface area (Å²) in [4.78, 5) is 28.1. The Bertz CT molecular complexity index is 762. The number of nitro groups is 1. The van der Waals surface area contributed by atoms with Gasteiger partial charge in [-0.15, -0.1) is 0 Å². The summed E-state index contributed by atoms with van der Waals surface area (Å²) in [5.74, 6) is 0.0716. The van der Waals surface area contributed by atoms with E-state index in [0.717, 1.165) is 0 Å². The first-order chi connectivity index (χ1) is 11.0. The molecule has 1 aliphatic rings. The maximum Gasteiger partial charge on any atom is 0.270 e. The molecule has 0 spiro atoms. The topological polar surface area (TPSA) is 85.6 Å². The molecule has 2 heterocycles. The van der Waals surface area contributed by atoms with Gasteiger partial charge in [0.15, 0.2) is 0 Å². The van der Waals surface area contributed by atoms with Gasteiger partial charge in [0.1, 0.15) is 11.1 Å². The minimum atomic E-state index is -0.526. The summed E-state index contributed by atoms with van der Waals surface area (Å²) in [6.45, 7) is 0.767. The van der Waals surface area contributed by atoms with E-state index in [4.69, 9.17) is 16.3 Å². The molecule has 23 heavy (non-hydrogen) atoms. The first kappa shape index (κ1) is 15.2. The third kappa shape index (κ3) is 3.24. The van der Waals surface area contributed by atoms with Crippen molar-refractivity contribution in [2.75, 3.05) is 13.1 Å². The summed E-state index contributed by atoms with van der Waals surface area (Å²) in [5, 5.41) is 11.2. The quantitative estimate of drug-likeness (QED) is 0.634. The number of nitrogens with zero attached hydrogens (tertiary/aromatic N) is 3. The first-order valence-electron chi connectivity index (χ1n) is 6.85. The molecule has 2 aromatic rings. The SMILES string of the molecule is O=C(c1cccc([N+](=O)[O-])c1)N1CC(Oc2ncccc2Cl)C1. The molecule has 1 aliphatic heterocycles. The highest BCUT2D eigenvalue weighted by atomic mass is 35.5. The number of nitro benzene ring substituents is 1. The van der Waals surface area contributed by atoms with E-state index in [0.29, 0.717) is 24.0 Å². The number of carbonyl (C=O) groups excluding carboxylic acids is 1. The van der Waals surface area contributed by atoms with Crippen LogP contribution < -0.4 is 4.74 Å². The van der Waals surface area contributed by atoms with Crippen LogP contribution in [0.2, 0.25) is 5.02 Å². The summed E-state index contributed by atoms with van der Waals surface area (Å²) in [5.41, 5.74) is 0.179. The van der Waals surface area contributed by atoms with Crippen LogP contribution in [-0.4, -0.2) is 39.9 Å². The molecule has 0 N–H and O–H groups in total. The molecule has 0 bridgehead atoms. The average Bonchev–Trinajstić information content (AvgIpc) is 2.51. The van der Waals surface area contributed by atoms with E-state index < -0.39 is 4.92 Å². The van der Waals surface area contributed by atoms with Crippen LogP contribution in [0.15, 0.2) is 42.6 Å². The zero-order valence-corrected chi connectivity index (χ0v) is 12.6. The van der Waals surface area contributed by atoms with E-state index in [2.05, 4.69) is 4.98 Å². The molecule has 0 unspecified atom stereocenters. The van der Waals surface area contributed by atoms with E-state index >= 15 is 0 Å². The molecule has 1 aromatic carbocycles. The number of hydrogen-bond acceptors (Lipinski definition) is 5. The number of amides is 1. The van der Waals surface area contributed by atoms with Crippen LogP contribution in [0.4, 0.5) is 5.69 Å². The van der Waals surface area contributed by atoms with E-state index in [1.54, 1.807) is 29.3 Å². The molecule has 0 radical (unpaired) electrons. The Morgan fingerprint density at radius 2 is 2.13 bits per heavy atom. The fraction of sp³-hybridized carbons (Fsp3) is 0.200. The fourth-order valence-electron chi connectivity index (χ4n) is 2.23. The standard InChI is InChI=1S/C15H12ClN3O4/c16-13-5-2-6-17-14(13)23-12-8-18(9-12)15(20)10-3-1-4-11(7-10)19(21)22/h1-7,12H,8-9H2. The summed E-state index contributed by atoms with van der Waals surface area (Å²) in [7, 11) is 0. The minimum Gasteiger partial charge on any atom is -0.470 e. The zero-order chi connectivity index (χ0) is 16.4. The number of carbonyl (C=O) groups is 1. The van der Waals surface area contributed by atoms with Crippen molar-refractivity contribution in [3.8, 4) is 5.88 Å². The highest BCUT2D eigenvalue weighted by Crippen LogP contribution is 2.25. The molecule has 0 aliphatic carbocycles. The van der Waals surface area contributed by atoms with Crippen LogP contribution in [0.1, 0.15) is 10.4 Å². The van der Waals surface area contributed by atoms with Crippen molar-refractivity contribution < 1.29 is 14.5 Å². The predicted octanol–water partition coefficient (Wildman–Crippen LogP) is 2.55. The Hall–Kier alpha value is -2.67. The van der Waals surface area contributed by atoms with Crippen LogP contribution in [0.3, 0.4) is 0 Å². The molecule has 118 valence electrons. The number of likely N-dealkylation sites (tertiary alicyclic amines) is 1. The van der Waals surface area contributed by atoms with Crippen molar-refractivity contribution >= 4 is 23.2 Å². The number of pyridine rings is 1. The third-order valence-electron chi connectivity index (χ3n) is 3.44. The molecule has 1 saturated heterocycles. The van der Waals surface area contributed by atoms with Gasteiger partial charge in [0, 0.05) is 23.9 Å². The van der Waals surface area contributed by atoms with Gasteiger partial charge in [-0.3, -0.25) is 14.9 Å². The number of aromatic nitrogens is 1. The number of halogens is 1. The van der Waals surface area contributed by atoms with Gasteiger partial charge in [0.25, 0.3) is 11.6 Å². The van der Waals surface area contributed by atoms with Crippen LogP contribution in [0.25, 0.3) is 0 Å². The Balaban J connectivity index is 1.61. The second-order valence-corrected chi connectivity index (χ2v) is 5.46. The molecule has 8 heteroatoms. The zero-order valence-electron chi connectivity index (χ0n) is 11.9. The lowest BCUT2D eigenvalue weighted by Gasteiger charge is -2.38. The van der Waals surface area contributed by atoms with Crippen molar-refractivity contribution in [2.45, 2.75) is 6.10 Å². The molecule has 1 aromatic heterocycles. The van der Waals surface area contributed by atoms with Gasteiger partial charge >= 0.3 is 0 Å². The third-order valence-corrected chi connectivity index (χ3v) is 3.73. The average molecular weight is 334 g/mol. The lowest BCUT2D eigenvalue weighted by Crippen LogP contribution is -2.56. The predicted molar refractivity (Wildman–Crippen MR) is 82.7 cm³/mol. The van der Waals surface area contributed by atoms with E-state index in [-0.39, 0.29) is 23.3 Å². The summed E-state index contributed by atoms with van der Waals surface area (Å²) >= 11 is 5.96. The number of non-ortho nitro benzene ring substituents is 1.